The van der Waals surface area contributed by atoms with Gasteiger partial charge in [0, 0.05) is 6.42 Å². The Balaban J connectivity index is 2.39. The van der Waals surface area contributed by atoms with Crippen molar-refractivity contribution >= 4 is 0 Å². The molecule has 0 aliphatic heterocycles. The first-order valence-corrected chi connectivity index (χ1v) is 4.96. The Labute approximate surface area is 79.6 Å². The van der Waals surface area contributed by atoms with E-state index in [1.165, 1.54) is 0 Å². The summed E-state index contributed by atoms with van der Waals surface area (Å²) in [7, 11) is 0. The van der Waals surface area contributed by atoms with Crippen molar-refractivity contribution in [3.05, 3.63) is 24.0 Å². The normalized spacial score (nSPS) is 27.4. The van der Waals surface area contributed by atoms with Gasteiger partial charge in [0.25, 0.3) is 0 Å². The minimum atomic E-state index is -0.798. The van der Waals surface area contributed by atoms with Crippen molar-refractivity contribution in [3.63, 3.8) is 0 Å². The van der Waals surface area contributed by atoms with E-state index in [4.69, 9.17) is 0 Å². The topological polar surface area (TPSA) is 40.5 Å². The van der Waals surface area contributed by atoms with E-state index in [-0.39, 0.29) is 5.76 Å². The smallest absolute Gasteiger partial charge is 0.0954 e. The Morgan fingerprint density at radius 3 is 2.85 bits per heavy atom. The summed E-state index contributed by atoms with van der Waals surface area (Å²) < 4.78 is 0. The molecule has 13 heavy (non-hydrogen) atoms. The van der Waals surface area contributed by atoms with E-state index in [9.17, 15) is 10.2 Å². The standard InChI is InChI=1S/C11H18O2/c1-2-3-4-7-11(13)8-5-6-10(12)9-11/h5-6,8,12-13H,2-4,7,9H2,1H3. The molecule has 0 radical (unpaired) electrons. The highest BCUT2D eigenvalue weighted by molar-refractivity contribution is 5.20. The molecule has 0 spiro atoms. The van der Waals surface area contributed by atoms with Crippen LogP contribution in [0.5, 0.6) is 0 Å². The summed E-state index contributed by atoms with van der Waals surface area (Å²) in [5.74, 6) is 0.279. The van der Waals surface area contributed by atoms with Crippen LogP contribution in [-0.4, -0.2) is 15.8 Å². The van der Waals surface area contributed by atoms with Gasteiger partial charge in [0.15, 0.2) is 0 Å². The number of aliphatic hydroxyl groups is 2. The third-order valence-corrected chi connectivity index (χ3v) is 2.40. The second kappa shape index (κ2) is 4.47. The van der Waals surface area contributed by atoms with Gasteiger partial charge in [0.1, 0.15) is 0 Å². The minimum absolute atomic E-state index is 0.279. The first-order valence-electron chi connectivity index (χ1n) is 4.96. The third kappa shape index (κ3) is 3.23. The molecule has 2 N–H and O–H groups in total. The number of aliphatic hydroxyl groups excluding tert-OH is 1. The van der Waals surface area contributed by atoms with E-state index in [1.54, 1.807) is 18.2 Å². The van der Waals surface area contributed by atoms with Crippen LogP contribution < -0.4 is 0 Å². The summed E-state index contributed by atoms with van der Waals surface area (Å²) in [5, 5.41) is 19.2. The maximum absolute atomic E-state index is 9.98. The maximum Gasteiger partial charge on any atom is 0.0954 e. The van der Waals surface area contributed by atoms with Gasteiger partial charge in [0.05, 0.1) is 11.4 Å². The Hall–Kier alpha value is -0.760. The van der Waals surface area contributed by atoms with Gasteiger partial charge >= 0.3 is 0 Å². The van der Waals surface area contributed by atoms with Crippen LogP contribution in [0, 0.1) is 0 Å². The van der Waals surface area contributed by atoms with Crippen molar-refractivity contribution in [1.82, 2.24) is 0 Å². The van der Waals surface area contributed by atoms with Crippen LogP contribution in [0.3, 0.4) is 0 Å². The Kier molecular flexibility index (Phi) is 3.55. The molecule has 0 aromatic carbocycles. The summed E-state index contributed by atoms with van der Waals surface area (Å²) in [4.78, 5) is 0. The van der Waals surface area contributed by atoms with Crippen LogP contribution in [0.25, 0.3) is 0 Å². The summed E-state index contributed by atoms with van der Waals surface area (Å²) in [5.41, 5.74) is -0.798. The molecule has 1 aliphatic rings. The molecule has 0 saturated carbocycles. The van der Waals surface area contributed by atoms with Crippen molar-refractivity contribution < 1.29 is 10.2 Å². The van der Waals surface area contributed by atoms with E-state index < -0.39 is 5.60 Å². The first kappa shape index (κ1) is 10.3. The predicted molar refractivity (Wildman–Crippen MR) is 53.6 cm³/mol. The lowest BCUT2D eigenvalue weighted by molar-refractivity contribution is 0.0657. The highest BCUT2D eigenvalue weighted by Crippen LogP contribution is 2.26. The monoisotopic (exact) mass is 182 g/mol. The Morgan fingerprint density at radius 1 is 1.46 bits per heavy atom. The fraction of sp³-hybridized carbons (Fsp3) is 0.636. The van der Waals surface area contributed by atoms with Gasteiger partial charge < -0.3 is 10.2 Å². The molecular weight excluding hydrogens is 164 g/mol. The van der Waals surface area contributed by atoms with Gasteiger partial charge in [-0.1, -0.05) is 38.3 Å². The van der Waals surface area contributed by atoms with E-state index >= 15 is 0 Å². The molecule has 1 atom stereocenters. The molecule has 1 unspecified atom stereocenters. The number of hydrogen-bond acceptors (Lipinski definition) is 2. The molecule has 1 rings (SSSR count). The molecule has 0 fully saturated rings. The zero-order chi connectivity index (χ0) is 9.73. The average Bonchev–Trinajstić information content (AvgIpc) is 2.04. The fourth-order valence-corrected chi connectivity index (χ4v) is 1.62. The molecular formula is C11H18O2. The van der Waals surface area contributed by atoms with Crippen molar-refractivity contribution in [2.24, 2.45) is 0 Å². The maximum atomic E-state index is 9.98. The Morgan fingerprint density at radius 2 is 2.23 bits per heavy atom. The highest BCUT2D eigenvalue weighted by Gasteiger charge is 2.26. The van der Waals surface area contributed by atoms with Gasteiger partial charge in [-0.15, -0.1) is 0 Å². The van der Waals surface area contributed by atoms with Gasteiger partial charge in [-0.25, -0.2) is 0 Å². The molecule has 74 valence electrons. The van der Waals surface area contributed by atoms with Gasteiger partial charge in [0.2, 0.25) is 0 Å². The van der Waals surface area contributed by atoms with E-state index in [1.807, 2.05) is 0 Å². The number of rotatable bonds is 4. The van der Waals surface area contributed by atoms with E-state index in [0.717, 1.165) is 25.7 Å². The van der Waals surface area contributed by atoms with Crippen molar-refractivity contribution in [2.75, 3.05) is 0 Å². The molecule has 0 bridgehead atoms. The summed E-state index contributed by atoms with van der Waals surface area (Å²) >= 11 is 0. The SMILES string of the molecule is CCCCCC1(O)C=CC=C(O)C1. The molecule has 2 heteroatoms. The van der Waals surface area contributed by atoms with Crippen LogP contribution in [0.4, 0.5) is 0 Å². The van der Waals surface area contributed by atoms with Gasteiger partial charge in [-0.3, -0.25) is 0 Å². The highest BCUT2D eigenvalue weighted by atomic mass is 16.3. The van der Waals surface area contributed by atoms with Crippen LogP contribution in [0.1, 0.15) is 39.0 Å². The second-order valence-electron chi connectivity index (χ2n) is 3.75. The minimum Gasteiger partial charge on any atom is -0.512 e. The fourth-order valence-electron chi connectivity index (χ4n) is 1.62. The number of unbranched alkanes of at least 4 members (excludes halogenated alkanes) is 2. The lowest BCUT2D eigenvalue weighted by Crippen LogP contribution is -2.27. The van der Waals surface area contributed by atoms with Crippen LogP contribution in [-0.2, 0) is 0 Å². The van der Waals surface area contributed by atoms with Crippen LogP contribution in [0.2, 0.25) is 0 Å². The molecule has 0 aromatic heterocycles. The number of hydrogen-bond donors (Lipinski definition) is 2. The number of allylic oxidation sites excluding steroid dienone is 2. The van der Waals surface area contributed by atoms with E-state index in [0.29, 0.717) is 6.42 Å². The zero-order valence-electron chi connectivity index (χ0n) is 8.16. The van der Waals surface area contributed by atoms with Gasteiger partial charge in [-0.2, -0.15) is 0 Å². The molecule has 0 amide bonds. The third-order valence-electron chi connectivity index (χ3n) is 2.40. The molecule has 0 heterocycles. The van der Waals surface area contributed by atoms with Gasteiger partial charge in [-0.05, 0) is 12.5 Å². The van der Waals surface area contributed by atoms with E-state index in [2.05, 4.69) is 6.92 Å². The molecule has 0 saturated heterocycles. The second-order valence-corrected chi connectivity index (χ2v) is 3.75. The quantitative estimate of drug-likeness (QED) is 0.656. The Bertz CT molecular complexity index is 218. The summed E-state index contributed by atoms with van der Waals surface area (Å²) in [6, 6.07) is 0. The molecule has 1 aliphatic carbocycles. The van der Waals surface area contributed by atoms with Crippen molar-refractivity contribution in [3.8, 4) is 0 Å². The predicted octanol–water partition coefficient (Wildman–Crippen LogP) is 2.70. The van der Waals surface area contributed by atoms with Crippen LogP contribution in [0.15, 0.2) is 24.0 Å². The first-order chi connectivity index (χ1) is 6.16. The zero-order valence-corrected chi connectivity index (χ0v) is 8.16. The van der Waals surface area contributed by atoms with Crippen LogP contribution >= 0.6 is 0 Å². The largest absolute Gasteiger partial charge is 0.512 e. The summed E-state index contributed by atoms with van der Waals surface area (Å²) in [6.45, 7) is 2.14. The lowest BCUT2D eigenvalue weighted by Gasteiger charge is -2.26. The summed E-state index contributed by atoms with van der Waals surface area (Å²) in [6.07, 6.45) is 9.57. The average molecular weight is 182 g/mol. The van der Waals surface area contributed by atoms with Crippen molar-refractivity contribution in [1.29, 1.82) is 0 Å². The molecule has 2 nitrogen and oxygen atoms in total. The molecule has 0 aromatic rings. The lowest BCUT2D eigenvalue weighted by atomic mass is 9.89. The van der Waals surface area contributed by atoms with Crippen molar-refractivity contribution in [2.45, 2.75) is 44.6 Å².